The second-order valence-electron chi connectivity index (χ2n) is 5.56. The van der Waals surface area contributed by atoms with Gasteiger partial charge in [-0.1, -0.05) is 13.8 Å². The first-order valence-electron chi connectivity index (χ1n) is 6.65. The lowest BCUT2D eigenvalue weighted by Gasteiger charge is -2.38. The third-order valence-corrected chi connectivity index (χ3v) is 4.20. The van der Waals surface area contributed by atoms with Crippen LogP contribution in [-0.2, 0) is 4.74 Å². The number of likely N-dealkylation sites (tertiary alicyclic amines) is 1. The van der Waals surface area contributed by atoms with Crippen LogP contribution in [0.25, 0.3) is 0 Å². The minimum atomic E-state index is -0.664. The molecular formula is C13H24FNO. The number of hydrogen-bond acceptors (Lipinski definition) is 2. The second kappa shape index (κ2) is 5.46. The molecule has 0 bridgehead atoms. The molecular weight excluding hydrogens is 205 g/mol. The van der Waals surface area contributed by atoms with Crippen molar-refractivity contribution in [3.05, 3.63) is 0 Å². The Kier molecular flexibility index (Phi) is 4.20. The Morgan fingerprint density at radius 1 is 1.19 bits per heavy atom. The van der Waals surface area contributed by atoms with Crippen molar-refractivity contribution in [1.82, 2.24) is 4.90 Å². The molecule has 2 aliphatic heterocycles. The van der Waals surface area contributed by atoms with Crippen LogP contribution in [0.2, 0.25) is 0 Å². The van der Waals surface area contributed by atoms with Crippen molar-refractivity contribution in [1.29, 1.82) is 0 Å². The SMILES string of the molecule is CC1CCN(C[C@H]2OCC[C@@H](F)[C@H]2C)CC1. The summed E-state index contributed by atoms with van der Waals surface area (Å²) >= 11 is 0. The van der Waals surface area contributed by atoms with E-state index < -0.39 is 6.17 Å². The molecule has 0 N–H and O–H groups in total. The Balaban J connectivity index is 1.80. The van der Waals surface area contributed by atoms with Crippen LogP contribution < -0.4 is 0 Å². The fourth-order valence-electron chi connectivity index (χ4n) is 2.70. The second-order valence-corrected chi connectivity index (χ2v) is 5.56. The van der Waals surface area contributed by atoms with Crippen LogP contribution in [0.15, 0.2) is 0 Å². The van der Waals surface area contributed by atoms with Gasteiger partial charge in [-0.15, -0.1) is 0 Å². The van der Waals surface area contributed by atoms with Gasteiger partial charge in [-0.2, -0.15) is 0 Å². The smallest absolute Gasteiger partial charge is 0.107 e. The van der Waals surface area contributed by atoms with Crippen LogP contribution in [0, 0.1) is 11.8 Å². The fraction of sp³-hybridized carbons (Fsp3) is 1.00. The van der Waals surface area contributed by atoms with Crippen molar-refractivity contribution < 1.29 is 9.13 Å². The molecule has 0 aromatic rings. The molecule has 0 aliphatic carbocycles. The normalized spacial score (nSPS) is 38.8. The first kappa shape index (κ1) is 12.3. The Bertz CT molecular complexity index is 216. The van der Waals surface area contributed by atoms with Gasteiger partial charge in [0.15, 0.2) is 0 Å². The summed E-state index contributed by atoms with van der Waals surface area (Å²) in [7, 11) is 0. The molecule has 2 aliphatic rings. The van der Waals surface area contributed by atoms with Gasteiger partial charge in [0.1, 0.15) is 6.17 Å². The van der Waals surface area contributed by atoms with Gasteiger partial charge in [-0.3, -0.25) is 0 Å². The third-order valence-electron chi connectivity index (χ3n) is 4.20. The highest BCUT2D eigenvalue weighted by atomic mass is 19.1. The monoisotopic (exact) mass is 229 g/mol. The van der Waals surface area contributed by atoms with E-state index in [2.05, 4.69) is 11.8 Å². The van der Waals surface area contributed by atoms with Crippen molar-refractivity contribution in [2.24, 2.45) is 11.8 Å². The molecule has 0 radical (unpaired) electrons. The summed E-state index contributed by atoms with van der Waals surface area (Å²) in [5.74, 6) is 0.919. The summed E-state index contributed by atoms with van der Waals surface area (Å²) in [6, 6.07) is 0. The van der Waals surface area contributed by atoms with Crippen molar-refractivity contribution in [3.63, 3.8) is 0 Å². The molecule has 94 valence electrons. The highest BCUT2D eigenvalue weighted by Crippen LogP contribution is 2.25. The minimum Gasteiger partial charge on any atom is -0.376 e. The molecule has 2 heterocycles. The standard InChI is InChI=1S/C13H24FNO/c1-10-3-6-15(7-4-10)9-13-11(2)12(14)5-8-16-13/h10-13H,3-9H2,1-2H3/t11-,12-,13-/m1/s1. The molecule has 2 nitrogen and oxygen atoms in total. The third kappa shape index (κ3) is 2.95. The number of piperidine rings is 1. The Hall–Kier alpha value is -0.150. The zero-order chi connectivity index (χ0) is 11.5. The largest absolute Gasteiger partial charge is 0.376 e. The van der Waals surface area contributed by atoms with Crippen molar-refractivity contribution in [2.75, 3.05) is 26.2 Å². The number of rotatable bonds is 2. The Morgan fingerprint density at radius 2 is 1.88 bits per heavy atom. The molecule has 0 aromatic carbocycles. The lowest BCUT2D eigenvalue weighted by molar-refractivity contribution is -0.0749. The van der Waals surface area contributed by atoms with Gasteiger partial charge in [-0.05, 0) is 31.8 Å². The van der Waals surface area contributed by atoms with Gasteiger partial charge in [0.25, 0.3) is 0 Å². The van der Waals surface area contributed by atoms with Gasteiger partial charge in [0.05, 0.1) is 6.10 Å². The summed E-state index contributed by atoms with van der Waals surface area (Å²) in [5.41, 5.74) is 0. The lowest BCUT2D eigenvalue weighted by atomic mass is 9.92. The maximum absolute atomic E-state index is 13.5. The van der Waals surface area contributed by atoms with Gasteiger partial charge < -0.3 is 9.64 Å². The minimum absolute atomic E-state index is 0.0631. The van der Waals surface area contributed by atoms with Crippen LogP contribution in [-0.4, -0.2) is 43.4 Å². The van der Waals surface area contributed by atoms with E-state index in [1.54, 1.807) is 0 Å². The Labute approximate surface area is 98.1 Å². The molecule has 0 aromatic heterocycles. The van der Waals surface area contributed by atoms with E-state index in [1.165, 1.54) is 12.8 Å². The van der Waals surface area contributed by atoms with E-state index in [-0.39, 0.29) is 12.0 Å². The first-order valence-corrected chi connectivity index (χ1v) is 6.65. The van der Waals surface area contributed by atoms with E-state index >= 15 is 0 Å². The molecule has 16 heavy (non-hydrogen) atoms. The molecule has 0 unspecified atom stereocenters. The molecule has 0 amide bonds. The summed E-state index contributed by atoms with van der Waals surface area (Å²) in [6.45, 7) is 8.14. The average Bonchev–Trinajstić information content (AvgIpc) is 2.28. The molecule has 3 atom stereocenters. The van der Waals surface area contributed by atoms with Crippen LogP contribution >= 0.6 is 0 Å². The van der Waals surface area contributed by atoms with E-state index in [4.69, 9.17) is 4.74 Å². The number of nitrogens with zero attached hydrogens (tertiary/aromatic N) is 1. The van der Waals surface area contributed by atoms with E-state index in [9.17, 15) is 4.39 Å². The highest BCUT2D eigenvalue weighted by Gasteiger charge is 2.32. The molecule has 0 saturated carbocycles. The molecule has 2 rings (SSSR count). The number of alkyl halides is 1. The van der Waals surface area contributed by atoms with Crippen molar-refractivity contribution >= 4 is 0 Å². The summed E-state index contributed by atoms with van der Waals surface area (Å²) in [6.07, 6.45) is 2.58. The quantitative estimate of drug-likeness (QED) is 0.721. The topological polar surface area (TPSA) is 12.5 Å². The molecule has 0 spiro atoms. The van der Waals surface area contributed by atoms with Gasteiger partial charge >= 0.3 is 0 Å². The zero-order valence-corrected chi connectivity index (χ0v) is 10.5. The van der Waals surface area contributed by atoms with E-state index in [0.29, 0.717) is 13.0 Å². The first-order chi connectivity index (χ1) is 7.66. The van der Waals surface area contributed by atoms with Crippen molar-refractivity contribution in [2.45, 2.75) is 45.4 Å². The van der Waals surface area contributed by atoms with Crippen LogP contribution in [0.3, 0.4) is 0 Å². The van der Waals surface area contributed by atoms with E-state index in [0.717, 1.165) is 25.6 Å². The number of ether oxygens (including phenoxy) is 1. The van der Waals surface area contributed by atoms with Gasteiger partial charge in [-0.25, -0.2) is 4.39 Å². The maximum Gasteiger partial charge on any atom is 0.107 e. The summed E-state index contributed by atoms with van der Waals surface area (Å²) in [5, 5.41) is 0. The summed E-state index contributed by atoms with van der Waals surface area (Å²) < 4.78 is 19.3. The predicted molar refractivity (Wildman–Crippen MR) is 63.3 cm³/mol. The highest BCUT2D eigenvalue weighted by molar-refractivity contribution is 4.82. The predicted octanol–water partition coefficient (Wildman–Crippen LogP) is 2.48. The van der Waals surface area contributed by atoms with Crippen molar-refractivity contribution in [3.8, 4) is 0 Å². The number of hydrogen-bond donors (Lipinski definition) is 0. The molecule has 2 fully saturated rings. The van der Waals surface area contributed by atoms with Crippen LogP contribution in [0.5, 0.6) is 0 Å². The maximum atomic E-state index is 13.5. The van der Waals surface area contributed by atoms with Crippen LogP contribution in [0.4, 0.5) is 4.39 Å². The lowest BCUT2D eigenvalue weighted by Crippen LogP contribution is -2.46. The Morgan fingerprint density at radius 3 is 2.56 bits per heavy atom. The van der Waals surface area contributed by atoms with Gasteiger partial charge in [0, 0.05) is 25.5 Å². The van der Waals surface area contributed by atoms with E-state index in [1.807, 2.05) is 6.92 Å². The zero-order valence-electron chi connectivity index (χ0n) is 10.5. The fourth-order valence-corrected chi connectivity index (χ4v) is 2.70. The average molecular weight is 229 g/mol. The molecule has 3 heteroatoms. The summed E-state index contributed by atoms with van der Waals surface area (Å²) in [4.78, 5) is 2.44. The van der Waals surface area contributed by atoms with Gasteiger partial charge in [0.2, 0.25) is 0 Å². The molecule has 2 saturated heterocycles. The number of halogens is 1. The van der Waals surface area contributed by atoms with Crippen LogP contribution in [0.1, 0.15) is 33.1 Å².